The van der Waals surface area contributed by atoms with Crippen LogP contribution < -0.4 is 25.3 Å². The molecule has 6 heterocycles. The molecule has 4 fully saturated rings. The molecule has 5 amide bonds. The highest BCUT2D eigenvalue weighted by atomic mass is 19.4. The van der Waals surface area contributed by atoms with E-state index in [0.717, 1.165) is 81.0 Å². The van der Waals surface area contributed by atoms with E-state index in [0.29, 0.717) is 43.4 Å². The fourth-order valence-electron chi connectivity index (χ4n) is 8.90. The number of benzene rings is 2. The lowest BCUT2D eigenvalue weighted by molar-refractivity contribution is -0.137. The maximum Gasteiger partial charge on any atom is 0.407 e. The van der Waals surface area contributed by atoms with Gasteiger partial charge in [-0.3, -0.25) is 39.1 Å². The number of piperazine rings is 1. The number of anilines is 4. The van der Waals surface area contributed by atoms with Gasteiger partial charge in [0.2, 0.25) is 17.7 Å². The van der Waals surface area contributed by atoms with Crippen molar-refractivity contribution in [2.75, 3.05) is 78.9 Å². The minimum atomic E-state index is -4.62. The van der Waals surface area contributed by atoms with Crippen molar-refractivity contribution in [2.24, 2.45) is 11.8 Å². The number of aromatic nitrogens is 1. The summed E-state index contributed by atoms with van der Waals surface area (Å²) in [7, 11) is 0. The predicted molar refractivity (Wildman–Crippen MR) is 212 cm³/mol. The summed E-state index contributed by atoms with van der Waals surface area (Å²) < 4.78 is 40.4. The maximum absolute atomic E-state index is 13.5. The summed E-state index contributed by atoms with van der Waals surface area (Å²) in [6.07, 6.45) is 0.377. The van der Waals surface area contributed by atoms with Crippen LogP contribution in [-0.4, -0.2) is 109 Å². The second kappa shape index (κ2) is 16.3. The molecule has 0 radical (unpaired) electrons. The molecule has 1 aromatic heterocycles. The third-order valence-electron chi connectivity index (χ3n) is 12.3. The summed E-state index contributed by atoms with van der Waals surface area (Å²) in [5.41, 5.74) is 1.42. The van der Waals surface area contributed by atoms with E-state index >= 15 is 0 Å². The lowest BCUT2D eigenvalue weighted by Gasteiger charge is -2.40. The molecule has 0 spiro atoms. The van der Waals surface area contributed by atoms with Crippen LogP contribution in [0.3, 0.4) is 0 Å². The quantitative estimate of drug-likeness (QED) is 0.237. The van der Waals surface area contributed by atoms with Crippen LogP contribution in [0.2, 0.25) is 0 Å². The number of alkyl halides is 3. The van der Waals surface area contributed by atoms with Crippen LogP contribution in [0.4, 0.5) is 41.7 Å². The molecule has 0 bridgehead atoms. The number of fused-ring (bicyclic) bond motifs is 1. The molecule has 1 atom stereocenters. The SMILES string of the molecule is [C-]#[N+]c1ccc(N2CCC(C(=O)Nc3ccc(N4CCC(CN5CCN(c6ccc7c(c6)C(=O)N(C6CCC(=O)NC6=O)C7=O)CC5)CC4)cn3)CC2)cc1C(F)(F)F. The van der Waals surface area contributed by atoms with E-state index in [-0.39, 0.29) is 35.8 Å². The molecule has 2 N–H and O–H groups in total. The van der Waals surface area contributed by atoms with E-state index in [1.165, 1.54) is 12.1 Å². The fraction of sp³-hybridized carbons (Fsp3) is 0.452. The maximum atomic E-state index is 13.5. The minimum Gasteiger partial charge on any atom is -0.372 e. The normalized spacial score (nSPS) is 21.1. The van der Waals surface area contributed by atoms with E-state index in [2.05, 4.69) is 35.2 Å². The number of imide groups is 2. The molecule has 0 saturated carbocycles. The van der Waals surface area contributed by atoms with E-state index in [1.807, 2.05) is 17.0 Å². The number of piperidine rings is 3. The molecule has 308 valence electrons. The minimum absolute atomic E-state index is 0.0767. The average Bonchev–Trinajstić information content (AvgIpc) is 3.49. The number of amides is 5. The average molecular weight is 812 g/mol. The first kappa shape index (κ1) is 39.8. The number of hydrogen-bond donors (Lipinski definition) is 2. The van der Waals surface area contributed by atoms with Crippen molar-refractivity contribution in [3.8, 4) is 0 Å². The molecule has 8 rings (SSSR count). The van der Waals surface area contributed by atoms with Crippen LogP contribution >= 0.6 is 0 Å². The molecule has 5 aliphatic heterocycles. The van der Waals surface area contributed by atoms with Crippen molar-refractivity contribution in [2.45, 2.75) is 50.7 Å². The van der Waals surface area contributed by atoms with E-state index < -0.39 is 47.1 Å². The van der Waals surface area contributed by atoms with Gasteiger partial charge in [0.1, 0.15) is 11.9 Å². The predicted octanol–water partition coefficient (Wildman–Crippen LogP) is 4.95. The highest BCUT2D eigenvalue weighted by molar-refractivity contribution is 6.23. The standard InChI is InChI=1S/C42H44F3N9O5/c1-46-34-6-3-29(23-33(34)42(43,44)45)51-16-12-27(13-17-51)38(56)48-36-8-4-30(24-47-36)52-14-10-26(11-15-52)25-50-18-20-53(21-19-50)28-2-5-31-32(22-28)41(59)54(40(31)58)35-7-9-37(55)49-39(35)57/h2-6,8,22-24,26-27,35H,7,9-21,25H2,(H,47,48,56)(H,49,55,57). The third kappa shape index (κ3) is 8.31. The summed E-state index contributed by atoms with van der Waals surface area (Å²) >= 11 is 0. The Bertz CT molecular complexity index is 2190. The Labute approximate surface area is 339 Å². The van der Waals surface area contributed by atoms with Gasteiger partial charge < -0.3 is 20.0 Å². The second-order valence-corrected chi connectivity index (χ2v) is 15.9. The van der Waals surface area contributed by atoms with E-state index in [1.54, 1.807) is 24.4 Å². The largest absolute Gasteiger partial charge is 0.407 e. The van der Waals surface area contributed by atoms with Gasteiger partial charge in [-0.15, -0.1) is 0 Å². The first-order chi connectivity index (χ1) is 28.4. The van der Waals surface area contributed by atoms with E-state index in [9.17, 15) is 37.1 Å². The Kier molecular flexibility index (Phi) is 11.0. The third-order valence-corrected chi connectivity index (χ3v) is 12.3. The van der Waals surface area contributed by atoms with Gasteiger partial charge in [-0.1, -0.05) is 6.07 Å². The highest BCUT2D eigenvalue weighted by Crippen LogP contribution is 2.39. The summed E-state index contributed by atoms with van der Waals surface area (Å²) in [5, 5.41) is 5.14. The van der Waals surface area contributed by atoms with Crippen molar-refractivity contribution in [1.82, 2.24) is 20.1 Å². The number of carbonyl (C=O) groups is 5. The Balaban J connectivity index is 0.763. The molecule has 1 unspecified atom stereocenters. The molecule has 2 aromatic carbocycles. The smallest absolute Gasteiger partial charge is 0.372 e. The monoisotopic (exact) mass is 811 g/mol. The summed E-state index contributed by atoms with van der Waals surface area (Å²) in [5.74, 6) is -1.50. The van der Waals surface area contributed by atoms with Crippen LogP contribution in [0, 0.1) is 18.4 Å². The van der Waals surface area contributed by atoms with Crippen molar-refractivity contribution in [3.63, 3.8) is 0 Å². The molecule has 59 heavy (non-hydrogen) atoms. The molecule has 14 nitrogen and oxygen atoms in total. The van der Waals surface area contributed by atoms with Gasteiger partial charge in [0.25, 0.3) is 11.8 Å². The number of carbonyl (C=O) groups excluding carboxylic acids is 5. The molecule has 5 aliphatic rings. The number of nitrogens with one attached hydrogen (secondary N) is 2. The fourth-order valence-corrected chi connectivity index (χ4v) is 8.90. The zero-order valence-electron chi connectivity index (χ0n) is 32.3. The Morgan fingerprint density at radius 2 is 1.41 bits per heavy atom. The van der Waals surface area contributed by atoms with Crippen LogP contribution in [0.5, 0.6) is 0 Å². The second-order valence-electron chi connectivity index (χ2n) is 15.9. The number of hydrogen-bond acceptors (Lipinski definition) is 10. The Morgan fingerprint density at radius 3 is 2.07 bits per heavy atom. The zero-order valence-corrected chi connectivity index (χ0v) is 32.3. The van der Waals surface area contributed by atoms with E-state index in [4.69, 9.17) is 6.57 Å². The van der Waals surface area contributed by atoms with Gasteiger partial charge >= 0.3 is 6.18 Å². The molecular weight excluding hydrogens is 768 g/mol. The van der Waals surface area contributed by atoms with Gasteiger partial charge in [0, 0.05) is 82.6 Å². The lowest BCUT2D eigenvalue weighted by atomic mass is 9.95. The number of nitrogens with zero attached hydrogens (tertiary/aromatic N) is 7. The van der Waals surface area contributed by atoms with Crippen molar-refractivity contribution in [3.05, 3.63) is 82.8 Å². The van der Waals surface area contributed by atoms with Crippen LogP contribution in [0.25, 0.3) is 4.85 Å². The number of halogens is 3. The van der Waals surface area contributed by atoms with Crippen LogP contribution in [-0.2, 0) is 20.6 Å². The number of pyridine rings is 1. The molecule has 4 saturated heterocycles. The Morgan fingerprint density at radius 1 is 0.780 bits per heavy atom. The van der Waals surface area contributed by atoms with Gasteiger partial charge in [-0.25, -0.2) is 9.83 Å². The summed E-state index contributed by atoms with van der Waals surface area (Å²) in [4.78, 5) is 80.8. The summed E-state index contributed by atoms with van der Waals surface area (Å²) in [6, 6.07) is 11.8. The van der Waals surface area contributed by atoms with Crippen molar-refractivity contribution >= 4 is 58.1 Å². The van der Waals surface area contributed by atoms with Gasteiger partial charge in [-0.2, -0.15) is 13.2 Å². The van der Waals surface area contributed by atoms with Crippen LogP contribution in [0.1, 0.15) is 64.8 Å². The van der Waals surface area contributed by atoms with Gasteiger partial charge in [0.05, 0.1) is 35.1 Å². The number of rotatable bonds is 8. The highest BCUT2D eigenvalue weighted by Gasteiger charge is 2.45. The van der Waals surface area contributed by atoms with Crippen molar-refractivity contribution < 1.29 is 37.1 Å². The topological polar surface area (TPSA) is 143 Å². The molecule has 3 aromatic rings. The zero-order chi connectivity index (χ0) is 41.4. The molecular formula is C42H44F3N9O5. The van der Waals surface area contributed by atoms with Crippen molar-refractivity contribution in [1.29, 1.82) is 0 Å². The Hall–Kier alpha value is -6.02. The van der Waals surface area contributed by atoms with Gasteiger partial charge in [0.15, 0.2) is 5.69 Å². The molecule has 17 heteroatoms. The van der Waals surface area contributed by atoms with Gasteiger partial charge in [-0.05, 0) is 80.5 Å². The molecule has 0 aliphatic carbocycles. The lowest BCUT2D eigenvalue weighted by Crippen LogP contribution is -2.54. The van der Waals surface area contributed by atoms with Crippen LogP contribution in [0.15, 0.2) is 54.7 Å². The first-order valence-corrected chi connectivity index (χ1v) is 20.0. The first-order valence-electron chi connectivity index (χ1n) is 20.0. The summed E-state index contributed by atoms with van der Waals surface area (Å²) in [6.45, 7) is 13.9.